The minimum Gasteiger partial charge on any atom is -0.507 e. The van der Waals surface area contributed by atoms with Crippen LogP contribution < -0.4 is 14.2 Å². The van der Waals surface area contributed by atoms with Gasteiger partial charge in [-0.05, 0) is 85.3 Å². The molecule has 2 aromatic carbocycles. The number of ketones is 1. The number of carbonyl (C=O) groups is 2. The fraction of sp³-hybridized carbons (Fsp3) is 0.364. The smallest absolute Gasteiger partial charge is 0.295 e. The number of aliphatic hydroxyl groups excluding tert-OH is 1. The molecule has 0 aliphatic carbocycles. The van der Waals surface area contributed by atoms with Crippen molar-refractivity contribution in [2.24, 2.45) is 5.92 Å². The Morgan fingerprint density at radius 1 is 1.07 bits per heavy atom. The fourth-order valence-electron chi connectivity index (χ4n) is 5.29. The molecule has 2 aliphatic heterocycles. The number of amides is 1. The average molecular weight is 557 g/mol. The van der Waals surface area contributed by atoms with Crippen LogP contribution in [-0.2, 0) is 22.6 Å². The molecule has 8 nitrogen and oxygen atoms in total. The van der Waals surface area contributed by atoms with Gasteiger partial charge in [-0.3, -0.25) is 14.6 Å². The monoisotopic (exact) mass is 556 g/mol. The van der Waals surface area contributed by atoms with Crippen molar-refractivity contribution >= 4 is 17.4 Å². The summed E-state index contributed by atoms with van der Waals surface area (Å²) in [5.41, 5.74) is 2.90. The molecular formula is C33H36N2O6. The second-order valence-electron chi connectivity index (χ2n) is 10.9. The predicted octanol–water partition coefficient (Wildman–Crippen LogP) is 5.85. The topological polar surface area (TPSA) is 98.2 Å². The molecule has 2 aliphatic rings. The molecule has 0 spiro atoms. The quantitative estimate of drug-likeness (QED) is 0.190. The van der Waals surface area contributed by atoms with Crippen LogP contribution >= 0.6 is 0 Å². The van der Waals surface area contributed by atoms with E-state index in [1.54, 1.807) is 48.8 Å². The van der Waals surface area contributed by atoms with Gasteiger partial charge < -0.3 is 24.2 Å². The third kappa shape index (κ3) is 5.92. The molecule has 3 aromatic rings. The second kappa shape index (κ2) is 12.0. The van der Waals surface area contributed by atoms with Gasteiger partial charge in [0, 0.05) is 30.9 Å². The van der Waals surface area contributed by atoms with Crippen LogP contribution in [0.5, 0.6) is 17.2 Å². The summed E-state index contributed by atoms with van der Waals surface area (Å²) in [6, 6.07) is 13.6. The Morgan fingerprint density at radius 3 is 2.59 bits per heavy atom. The van der Waals surface area contributed by atoms with Gasteiger partial charge in [0.1, 0.15) is 17.6 Å². The zero-order valence-corrected chi connectivity index (χ0v) is 23.9. The van der Waals surface area contributed by atoms with E-state index in [1.165, 1.54) is 4.90 Å². The van der Waals surface area contributed by atoms with Gasteiger partial charge >= 0.3 is 0 Å². The number of Topliss-reactive ketones (excluding diaryl/α,β-unsaturated/α-hetero) is 1. The molecule has 0 radical (unpaired) electrons. The van der Waals surface area contributed by atoms with Gasteiger partial charge in [0.25, 0.3) is 11.7 Å². The lowest BCUT2D eigenvalue weighted by molar-refractivity contribution is -0.140. The maximum atomic E-state index is 13.6. The summed E-state index contributed by atoms with van der Waals surface area (Å²) in [6.07, 6.45) is 4.92. The highest BCUT2D eigenvalue weighted by Gasteiger charge is 2.46. The lowest BCUT2D eigenvalue weighted by Gasteiger charge is -2.26. The van der Waals surface area contributed by atoms with Crippen LogP contribution in [0.1, 0.15) is 62.4 Å². The van der Waals surface area contributed by atoms with Gasteiger partial charge in [0.05, 0.1) is 24.8 Å². The summed E-state index contributed by atoms with van der Waals surface area (Å²) >= 11 is 0. The first-order valence-electron chi connectivity index (χ1n) is 14.1. The van der Waals surface area contributed by atoms with Crippen molar-refractivity contribution in [3.63, 3.8) is 0 Å². The van der Waals surface area contributed by atoms with Crippen LogP contribution in [0.4, 0.5) is 0 Å². The molecule has 1 N–H and O–H groups in total. The highest BCUT2D eigenvalue weighted by molar-refractivity contribution is 6.46. The summed E-state index contributed by atoms with van der Waals surface area (Å²) in [5.74, 6) is 0.735. The Labute approximate surface area is 240 Å². The van der Waals surface area contributed by atoms with Gasteiger partial charge in [-0.2, -0.15) is 0 Å². The van der Waals surface area contributed by atoms with E-state index < -0.39 is 17.7 Å². The van der Waals surface area contributed by atoms with Crippen molar-refractivity contribution in [1.29, 1.82) is 0 Å². The maximum absolute atomic E-state index is 13.6. The van der Waals surface area contributed by atoms with E-state index in [9.17, 15) is 14.7 Å². The number of pyridine rings is 1. The third-order valence-corrected chi connectivity index (χ3v) is 7.35. The Bertz CT molecular complexity index is 1470. The van der Waals surface area contributed by atoms with E-state index in [2.05, 4.69) is 18.8 Å². The number of aliphatic hydroxyl groups is 1. The van der Waals surface area contributed by atoms with E-state index in [1.807, 2.05) is 26.0 Å². The second-order valence-corrected chi connectivity index (χ2v) is 10.9. The summed E-state index contributed by atoms with van der Waals surface area (Å²) in [6.45, 7) is 9.26. The largest absolute Gasteiger partial charge is 0.507 e. The number of fused-ring (bicyclic) bond motifs is 1. The summed E-state index contributed by atoms with van der Waals surface area (Å²) < 4.78 is 17.8. The zero-order chi connectivity index (χ0) is 29.1. The lowest BCUT2D eigenvalue weighted by atomic mass is 9.94. The summed E-state index contributed by atoms with van der Waals surface area (Å²) in [7, 11) is 0. The first-order valence-corrected chi connectivity index (χ1v) is 14.1. The van der Waals surface area contributed by atoms with E-state index in [4.69, 9.17) is 14.2 Å². The minimum absolute atomic E-state index is 0.0339. The first kappa shape index (κ1) is 28.2. The molecule has 0 unspecified atom stereocenters. The Morgan fingerprint density at radius 2 is 1.85 bits per heavy atom. The molecule has 1 aromatic heterocycles. The number of rotatable bonds is 10. The molecule has 1 amide bonds. The lowest BCUT2D eigenvalue weighted by Crippen LogP contribution is -2.29. The van der Waals surface area contributed by atoms with E-state index in [0.717, 1.165) is 23.3 Å². The average Bonchev–Trinajstić information content (AvgIpc) is 3.45. The SMILES string of the molecule is CCOc1cc([C@@H]2C(=C(O)c3ccc4c(c3)C[C@H](C)O4)C(=O)C(=O)N2Cc2ccncc2)ccc1OCCC(C)C. The fourth-order valence-corrected chi connectivity index (χ4v) is 5.29. The van der Waals surface area contributed by atoms with Gasteiger partial charge in [0.2, 0.25) is 0 Å². The predicted molar refractivity (Wildman–Crippen MR) is 155 cm³/mol. The van der Waals surface area contributed by atoms with Crippen molar-refractivity contribution in [3.05, 3.63) is 88.8 Å². The van der Waals surface area contributed by atoms with Crippen LogP contribution in [0.2, 0.25) is 0 Å². The van der Waals surface area contributed by atoms with E-state index >= 15 is 0 Å². The van der Waals surface area contributed by atoms with Crippen LogP contribution in [0, 0.1) is 5.92 Å². The van der Waals surface area contributed by atoms with Crippen molar-refractivity contribution in [1.82, 2.24) is 9.88 Å². The molecule has 0 bridgehead atoms. The molecule has 1 fully saturated rings. The molecule has 2 atom stereocenters. The number of aromatic nitrogens is 1. The van der Waals surface area contributed by atoms with Crippen LogP contribution in [-0.4, -0.2) is 46.0 Å². The van der Waals surface area contributed by atoms with Gasteiger partial charge in [-0.15, -0.1) is 0 Å². The number of hydrogen-bond acceptors (Lipinski definition) is 7. The number of nitrogens with zero attached hydrogens (tertiary/aromatic N) is 2. The molecule has 214 valence electrons. The number of ether oxygens (including phenoxy) is 3. The molecule has 8 heteroatoms. The maximum Gasteiger partial charge on any atom is 0.295 e. The molecule has 5 rings (SSSR count). The molecule has 3 heterocycles. The van der Waals surface area contributed by atoms with Gasteiger partial charge in [0.15, 0.2) is 11.5 Å². The number of carbonyl (C=O) groups excluding carboxylic acids is 2. The van der Waals surface area contributed by atoms with Crippen molar-refractivity contribution in [2.45, 2.75) is 59.2 Å². The third-order valence-electron chi connectivity index (χ3n) is 7.35. The Hall–Kier alpha value is -4.33. The normalized spacial score (nSPS) is 19.4. The molecule has 41 heavy (non-hydrogen) atoms. The van der Waals surface area contributed by atoms with Crippen LogP contribution in [0.25, 0.3) is 5.76 Å². The zero-order valence-electron chi connectivity index (χ0n) is 23.9. The molecular weight excluding hydrogens is 520 g/mol. The van der Waals surface area contributed by atoms with Gasteiger partial charge in [-0.25, -0.2) is 0 Å². The highest BCUT2D eigenvalue weighted by atomic mass is 16.5. The standard InChI is InChI=1S/C33H36N2O6/c1-5-39-28-18-23(6-9-27(28)40-15-12-20(2)3)30-29(31(36)24-7-8-26-25(17-24)16-21(4)41-26)32(37)33(38)35(30)19-22-10-13-34-14-11-22/h6-11,13-14,17-18,20-21,30,36H,5,12,15-16,19H2,1-4H3/t21-,30+/m0/s1. The minimum atomic E-state index is -0.837. The van der Waals surface area contributed by atoms with Crippen molar-refractivity contribution in [2.75, 3.05) is 13.2 Å². The van der Waals surface area contributed by atoms with E-state index in [-0.39, 0.29) is 24.0 Å². The molecule has 1 saturated heterocycles. The summed E-state index contributed by atoms with van der Waals surface area (Å²) in [5, 5.41) is 11.6. The van der Waals surface area contributed by atoms with E-state index in [0.29, 0.717) is 48.2 Å². The number of likely N-dealkylation sites (tertiary alicyclic amines) is 1. The van der Waals surface area contributed by atoms with Crippen molar-refractivity contribution in [3.8, 4) is 17.2 Å². The van der Waals surface area contributed by atoms with Crippen LogP contribution in [0.15, 0.2) is 66.5 Å². The first-order chi connectivity index (χ1) is 19.8. The summed E-state index contributed by atoms with van der Waals surface area (Å²) in [4.78, 5) is 32.6. The van der Waals surface area contributed by atoms with Gasteiger partial charge in [-0.1, -0.05) is 19.9 Å². The highest BCUT2D eigenvalue weighted by Crippen LogP contribution is 2.43. The Kier molecular flexibility index (Phi) is 8.28. The number of benzene rings is 2. The van der Waals surface area contributed by atoms with Crippen molar-refractivity contribution < 1.29 is 28.9 Å². The number of hydrogen-bond donors (Lipinski definition) is 1. The molecule has 0 saturated carbocycles. The van der Waals surface area contributed by atoms with Crippen LogP contribution in [0.3, 0.4) is 0 Å². The Balaban J connectivity index is 1.60.